The number of fused-ring (bicyclic) bond motifs is 1. The van der Waals surface area contributed by atoms with E-state index in [-0.39, 0.29) is 24.8 Å². The van der Waals surface area contributed by atoms with E-state index in [9.17, 15) is 14.4 Å². The first kappa shape index (κ1) is 21.8. The lowest BCUT2D eigenvalue weighted by atomic mass is 10.1. The van der Waals surface area contributed by atoms with Gasteiger partial charge in [0, 0.05) is 13.1 Å². The predicted molar refractivity (Wildman–Crippen MR) is 96.0 cm³/mol. The van der Waals surface area contributed by atoms with Crippen LogP contribution in [0.1, 0.15) is 6.42 Å². The monoisotopic (exact) mass is 431 g/mol. The molecule has 3 unspecified atom stereocenters. The van der Waals surface area contributed by atoms with Gasteiger partial charge in [0.05, 0.1) is 37.8 Å². The second kappa shape index (κ2) is 8.42. The van der Waals surface area contributed by atoms with Crippen LogP contribution >= 0.6 is 15.4 Å². The molecule has 0 saturated carbocycles. The lowest BCUT2D eigenvalue weighted by Gasteiger charge is -2.39. The molecule has 0 aromatic heterocycles. The lowest BCUT2D eigenvalue weighted by Crippen LogP contribution is -2.68. The van der Waals surface area contributed by atoms with Gasteiger partial charge in [-0.15, -0.1) is 0 Å². The highest BCUT2D eigenvalue weighted by atomic mass is 31.2. The largest absolute Gasteiger partial charge is 0.469 e. The fraction of sp³-hybridized carbons (Fsp3) is 0.917. The number of phosphoric acid groups is 1. The van der Waals surface area contributed by atoms with Gasteiger partial charge in [-0.3, -0.25) is 20.5 Å². The van der Waals surface area contributed by atoms with E-state index in [1.165, 1.54) is 0 Å². The van der Waals surface area contributed by atoms with E-state index in [0.717, 1.165) is 0 Å². The molecule has 27 heavy (non-hydrogen) atoms. The van der Waals surface area contributed by atoms with Gasteiger partial charge in [0.25, 0.3) is 0 Å². The van der Waals surface area contributed by atoms with Crippen molar-refractivity contribution in [3.63, 3.8) is 0 Å². The molecular weight excluding hydrogens is 404 g/mol. The van der Waals surface area contributed by atoms with Crippen molar-refractivity contribution in [3.8, 4) is 0 Å². The summed E-state index contributed by atoms with van der Waals surface area (Å²) in [6.07, 6.45) is 1.25. The number of hydrogen-bond acceptors (Lipinski definition) is 11. The van der Waals surface area contributed by atoms with Crippen molar-refractivity contribution in [2.75, 3.05) is 27.0 Å². The highest BCUT2D eigenvalue weighted by Crippen LogP contribution is 2.44. The maximum absolute atomic E-state index is 11.0. The molecule has 158 valence electrons. The number of rotatable bonds is 7. The number of phosphoric ester groups is 1. The minimum atomic E-state index is -4.70. The summed E-state index contributed by atoms with van der Waals surface area (Å²) in [5.74, 6) is 0. The summed E-state index contributed by atoms with van der Waals surface area (Å²) < 4.78 is 26.6. The maximum Gasteiger partial charge on any atom is 0.469 e. The molecule has 3 aliphatic rings. The zero-order chi connectivity index (χ0) is 19.8. The predicted octanol–water partition coefficient (Wildman–Crippen LogP) is -2.97. The molecule has 0 aromatic rings. The Morgan fingerprint density at radius 1 is 1.30 bits per heavy atom. The number of nitrogens with one attached hydrogen (secondary N) is 4. The first-order valence-electron chi connectivity index (χ1n) is 8.43. The van der Waals surface area contributed by atoms with Crippen LogP contribution in [0.25, 0.3) is 0 Å². The molecule has 3 saturated heterocycles. The number of hydrogen-bond donors (Lipinski definition) is 8. The molecule has 0 radical (unpaired) electrons. The van der Waals surface area contributed by atoms with Crippen LogP contribution in [-0.2, 0) is 18.3 Å². The minimum absolute atomic E-state index is 0.0526. The third-order valence-corrected chi connectivity index (χ3v) is 5.87. The Hall–Kier alpha value is 0.0500. The van der Waals surface area contributed by atoms with E-state index in [0.29, 0.717) is 13.3 Å². The SMILES string of the molecule is C=P(O)(O)O[C@H]1C[C@H](N2CNC3C(NC)NCNC32)O[C@@H]1COP(=O)(O)O. The average molecular weight is 431 g/mol. The quantitative estimate of drug-likeness (QED) is 0.192. The van der Waals surface area contributed by atoms with E-state index in [1.807, 2.05) is 11.9 Å². The highest BCUT2D eigenvalue weighted by Gasteiger charge is 2.48. The Morgan fingerprint density at radius 2 is 2.04 bits per heavy atom. The molecule has 3 rings (SSSR count). The van der Waals surface area contributed by atoms with Crippen molar-refractivity contribution in [2.24, 2.45) is 0 Å². The third kappa shape index (κ3) is 5.56. The van der Waals surface area contributed by atoms with Gasteiger partial charge in [0.1, 0.15) is 12.3 Å². The zero-order valence-electron chi connectivity index (χ0n) is 14.8. The van der Waals surface area contributed by atoms with Crippen molar-refractivity contribution < 1.29 is 37.9 Å². The molecule has 3 fully saturated rings. The van der Waals surface area contributed by atoms with Gasteiger partial charge >= 0.3 is 7.82 Å². The van der Waals surface area contributed by atoms with Gasteiger partial charge in [-0.1, -0.05) is 0 Å². The smallest absolute Gasteiger partial charge is 0.355 e. The molecule has 15 heteroatoms. The van der Waals surface area contributed by atoms with Crippen LogP contribution < -0.4 is 21.3 Å². The molecule has 0 bridgehead atoms. The average Bonchev–Trinajstić information content (AvgIpc) is 3.14. The Balaban J connectivity index is 1.69. The van der Waals surface area contributed by atoms with Gasteiger partial charge in [0.2, 0.25) is 7.57 Å². The van der Waals surface area contributed by atoms with Crippen molar-refractivity contribution >= 4 is 21.7 Å². The van der Waals surface area contributed by atoms with Crippen LogP contribution in [0.5, 0.6) is 0 Å². The van der Waals surface area contributed by atoms with Gasteiger partial charge in [-0.25, -0.2) is 9.46 Å². The third-order valence-electron chi connectivity index (χ3n) is 4.77. The summed E-state index contributed by atoms with van der Waals surface area (Å²) in [7, 11) is -6.66. The second-order valence-electron chi connectivity index (χ2n) is 6.66. The van der Waals surface area contributed by atoms with Gasteiger partial charge in [-0.2, -0.15) is 0 Å². The van der Waals surface area contributed by atoms with Gasteiger partial charge < -0.3 is 34.2 Å². The van der Waals surface area contributed by atoms with Crippen molar-refractivity contribution in [2.45, 2.75) is 43.2 Å². The summed E-state index contributed by atoms with van der Waals surface area (Å²) in [6, 6.07) is 0.0623. The van der Waals surface area contributed by atoms with Crippen molar-refractivity contribution in [1.82, 2.24) is 26.2 Å². The highest BCUT2D eigenvalue weighted by molar-refractivity contribution is 7.57. The fourth-order valence-electron chi connectivity index (χ4n) is 3.69. The van der Waals surface area contributed by atoms with Crippen LogP contribution in [0.2, 0.25) is 0 Å². The molecule has 0 aliphatic carbocycles. The first-order chi connectivity index (χ1) is 12.6. The van der Waals surface area contributed by atoms with Crippen LogP contribution in [0, 0.1) is 0 Å². The molecule has 3 aliphatic heterocycles. The Kier molecular flexibility index (Phi) is 6.79. The minimum Gasteiger partial charge on any atom is -0.355 e. The summed E-state index contributed by atoms with van der Waals surface area (Å²) in [5.41, 5.74) is 0. The summed E-state index contributed by atoms with van der Waals surface area (Å²) in [5, 5.41) is 13.2. The normalized spacial score (nSPS) is 38.3. The van der Waals surface area contributed by atoms with Gasteiger partial charge in [-0.05, 0) is 13.3 Å². The molecule has 3 heterocycles. The summed E-state index contributed by atoms with van der Waals surface area (Å²) >= 11 is 0. The Labute approximate surface area is 156 Å². The van der Waals surface area contributed by atoms with E-state index in [1.54, 1.807) is 0 Å². The van der Waals surface area contributed by atoms with Crippen LogP contribution in [-0.4, -0.2) is 94.6 Å². The molecule has 13 nitrogen and oxygen atoms in total. The Bertz CT molecular complexity index is 617. The van der Waals surface area contributed by atoms with Crippen LogP contribution in [0.3, 0.4) is 0 Å². The standard InChI is InChI=1S/C12H27N5O8P2/c1-13-11-10-12(15-5-14-11)17(6-16-10)9-3-7(25-26(2,18)19)8(24-9)4-23-27(20,21)22/h7-16,18-19H,2-6H2,1H3,(H2,20,21,22)/t7-,8+,9+,10?,11?,12?/m0/s1. The molecule has 0 spiro atoms. The number of likely N-dealkylation sites (N-methyl/N-ethyl adjacent to an activating group) is 1. The lowest BCUT2D eigenvalue weighted by molar-refractivity contribution is -0.0878. The topological polar surface area (TPSA) is 177 Å². The van der Waals surface area contributed by atoms with Gasteiger partial charge in [0.15, 0.2) is 0 Å². The summed E-state index contributed by atoms with van der Waals surface area (Å²) in [4.78, 5) is 39.0. The van der Waals surface area contributed by atoms with E-state index >= 15 is 0 Å². The summed E-state index contributed by atoms with van der Waals surface area (Å²) in [6.45, 7) is 0.645. The molecule has 0 aromatic carbocycles. The zero-order valence-corrected chi connectivity index (χ0v) is 16.6. The Morgan fingerprint density at radius 3 is 2.67 bits per heavy atom. The van der Waals surface area contributed by atoms with Crippen molar-refractivity contribution in [1.29, 1.82) is 0 Å². The van der Waals surface area contributed by atoms with Crippen LogP contribution in [0.15, 0.2) is 0 Å². The van der Waals surface area contributed by atoms with E-state index in [4.69, 9.17) is 19.0 Å². The number of ether oxygens (including phenoxy) is 1. The van der Waals surface area contributed by atoms with E-state index < -0.39 is 40.4 Å². The second-order valence-corrected chi connectivity index (χ2v) is 9.44. The van der Waals surface area contributed by atoms with Crippen molar-refractivity contribution in [3.05, 3.63) is 0 Å². The molecule has 6 atom stereocenters. The molecular formula is C12H27N5O8P2. The number of nitrogens with zero attached hydrogens (tertiary/aromatic N) is 1. The first-order valence-corrected chi connectivity index (χ1v) is 11.8. The molecule has 8 N–H and O–H groups in total. The fourth-order valence-corrected chi connectivity index (χ4v) is 4.68. The molecule has 0 amide bonds. The van der Waals surface area contributed by atoms with Crippen LogP contribution in [0.4, 0.5) is 0 Å². The maximum atomic E-state index is 11.0. The van der Waals surface area contributed by atoms with E-state index in [2.05, 4.69) is 32.1 Å².